The Labute approximate surface area is 154 Å². The number of hydrogen-bond donors (Lipinski definition) is 1. The summed E-state index contributed by atoms with van der Waals surface area (Å²) in [6.45, 7) is 4.03. The molecule has 3 aromatic rings. The molecule has 0 aliphatic rings. The Bertz CT molecular complexity index is 887. The molecule has 0 aliphatic heterocycles. The topological polar surface area (TPSA) is 66.0 Å². The van der Waals surface area contributed by atoms with Crippen LogP contribution < -0.4 is 10.5 Å². The first kappa shape index (κ1) is 18.9. The Morgan fingerprint density at radius 2 is 1.63 bits per heavy atom. The van der Waals surface area contributed by atoms with E-state index in [0.717, 1.165) is 11.1 Å². The van der Waals surface area contributed by atoms with E-state index in [-0.39, 0.29) is 17.7 Å². The summed E-state index contributed by atoms with van der Waals surface area (Å²) in [6.07, 6.45) is -3.21. The SMILES string of the molecule is CC(N)C(C)c1ccc(-c2ncn(-c3ccc(OC(F)(F)F)cc3)n2)cc1. The third-order valence-corrected chi connectivity index (χ3v) is 4.31. The third-order valence-electron chi connectivity index (χ3n) is 4.31. The zero-order valence-electron chi connectivity index (χ0n) is 14.8. The largest absolute Gasteiger partial charge is 0.573 e. The highest BCUT2D eigenvalue weighted by Crippen LogP contribution is 2.25. The fourth-order valence-corrected chi connectivity index (χ4v) is 2.56. The number of halogens is 3. The number of alkyl halides is 3. The highest BCUT2D eigenvalue weighted by molar-refractivity contribution is 5.55. The molecule has 0 radical (unpaired) electrons. The van der Waals surface area contributed by atoms with Crippen LogP contribution in [0.25, 0.3) is 17.1 Å². The fourth-order valence-electron chi connectivity index (χ4n) is 2.56. The second-order valence-corrected chi connectivity index (χ2v) is 6.32. The van der Waals surface area contributed by atoms with Crippen LogP contribution in [0, 0.1) is 0 Å². The molecule has 0 spiro atoms. The molecule has 0 amide bonds. The standard InChI is InChI=1S/C19H19F3N4O/c1-12(13(2)23)14-3-5-15(6-4-14)18-24-11-26(25-18)16-7-9-17(10-8-16)27-19(20,21)22/h3-13H,23H2,1-2H3. The monoisotopic (exact) mass is 376 g/mol. The zero-order chi connectivity index (χ0) is 19.6. The number of rotatable bonds is 5. The van der Waals surface area contributed by atoms with E-state index in [4.69, 9.17) is 5.73 Å². The minimum Gasteiger partial charge on any atom is -0.406 e. The normalized spacial score (nSPS) is 14.0. The van der Waals surface area contributed by atoms with E-state index >= 15 is 0 Å². The molecule has 3 rings (SSSR count). The first-order valence-electron chi connectivity index (χ1n) is 8.37. The van der Waals surface area contributed by atoms with Crippen LogP contribution in [0.15, 0.2) is 54.9 Å². The van der Waals surface area contributed by atoms with Gasteiger partial charge in [-0.25, -0.2) is 9.67 Å². The molecule has 0 saturated heterocycles. The van der Waals surface area contributed by atoms with E-state index in [1.54, 1.807) is 0 Å². The van der Waals surface area contributed by atoms with Crippen LogP contribution in [0.2, 0.25) is 0 Å². The van der Waals surface area contributed by atoms with Gasteiger partial charge in [0.15, 0.2) is 5.82 Å². The molecule has 0 fully saturated rings. The number of benzene rings is 2. The smallest absolute Gasteiger partial charge is 0.406 e. The van der Waals surface area contributed by atoms with E-state index in [2.05, 4.69) is 21.7 Å². The summed E-state index contributed by atoms with van der Waals surface area (Å²) < 4.78 is 42.0. The fraction of sp³-hybridized carbons (Fsp3) is 0.263. The van der Waals surface area contributed by atoms with Crippen molar-refractivity contribution in [1.29, 1.82) is 0 Å². The molecule has 0 aliphatic carbocycles. The number of ether oxygens (including phenoxy) is 1. The molecule has 0 saturated carbocycles. The highest BCUT2D eigenvalue weighted by atomic mass is 19.4. The Balaban J connectivity index is 1.76. The van der Waals surface area contributed by atoms with Gasteiger partial charge in [0.2, 0.25) is 0 Å². The first-order chi connectivity index (χ1) is 12.7. The van der Waals surface area contributed by atoms with Crippen molar-refractivity contribution in [1.82, 2.24) is 14.8 Å². The maximum atomic E-state index is 12.2. The van der Waals surface area contributed by atoms with Gasteiger partial charge in [-0.3, -0.25) is 0 Å². The predicted octanol–water partition coefficient (Wildman–Crippen LogP) is 4.28. The number of nitrogens with zero attached hydrogens (tertiary/aromatic N) is 3. The van der Waals surface area contributed by atoms with Gasteiger partial charge in [-0.05, 0) is 42.7 Å². The predicted molar refractivity (Wildman–Crippen MR) is 95.5 cm³/mol. The lowest BCUT2D eigenvalue weighted by Gasteiger charge is -2.15. The molecule has 27 heavy (non-hydrogen) atoms. The van der Waals surface area contributed by atoms with Crippen LogP contribution in [-0.4, -0.2) is 27.2 Å². The molecule has 2 unspecified atom stereocenters. The van der Waals surface area contributed by atoms with Crippen molar-refractivity contribution in [2.45, 2.75) is 32.2 Å². The van der Waals surface area contributed by atoms with Crippen LogP contribution >= 0.6 is 0 Å². The van der Waals surface area contributed by atoms with Gasteiger partial charge in [-0.2, -0.15) is 0 Å². The molecule has 0 bridgehead atoms. The molecule has 1 heterocycles. The summed E-state index contributed by atoms with van der Waals surface area (Å²) in [5, 5.41) is 4.38. The summed E-state index contributed by atoms with van der Waals surface area (Å²) >= 11 is 0. The molecule has 1 aromatic heterocycles. The zero-order valence-corrected chi connectivity index (χ0v) is 14.8. The minimum atomic E-state index is -4.71. The van der Waals surface area contributed by atoms with E-state index in [0.29, 0.717) is 11.5 Å². The molecule has 8 heteroatoms. The second kappa shape index (κ2) is 7.40. The first-order valence-corrected chi connectivity index (χ1v) is 8.37. The maximum Gasteiger partial charge on any atom is 0.573 e. The minimum absolute atomic E-state index is 0.0532. The lowest BCUT2D eigenvalue weighted by atomic mass is 9.94. The van der Waals surface area contributed by atoms with Gasteiger partial charge in [0.25, 0.3) is 0 Å². The van der Waals surface area contributed by atoms with Crippen LogP contribution in [0.3, 0.4) is 0 Å². The second-order valence-electron chi connectivity index (χ2n) is 6.32. The Morgan fingerprint density at radius 1 is 1.00 bits per heavy atom. The lowest BCUT2D eigenvalue weighted by Crippen LogP contribution is -2.22. The van der Waals surface area contributed by atoms with E-state index < -0.39 is 6.36 Å². The molecule has 5 nitrogen and oxygen atoms in total. The summed E-state index contributed by atoms with van der Waals surface area (Å²) in [5.41, 5.74) is 8.48. The van der Waals surface area contributed by atoms with E-state index in [9.17, 15) is 13.2 Å². The van der Waals surface area contributed by atoms with Gasteiger partial charge in [-0.15, -0.1) is 18.3 Å². The number of hydrogen-bond acceptors (Lipinski definition) is 4. The van der Waals surface area contributed by atoms with Gasteiger partial charge in [0, 0.05) is 11.6 Å². The maximum absolute atomic E-state index is 12.2. The van der Waals surface area contributed by atoms with Crippen molar-refractivity contribution in [2.24, 2.45) is 5.73 Å². The Morgan fingerprint density at radius 3 is 2.19 bits per heavy atom. The average molecular weight is 376 g/mol. The summed E-state index contributed by atoms with van der Waals surface area (Å²) in [4.78, 5) is 4.27. The highest BCUT2D eigenvalue weighted by Gasteiger charge is 2.31. The molecular weight excluding hydrogens is 357 g/mol. The van der Waals surface area contributed by atoms with Crippen LogP contribution in [0.5, 0.6) is 5.75 Å². The molecule has 2 N–H and O–H groups in total. The Kier molecular flexibility index (Phi) is 5.18. The van der Waals surface area contributed by atoms with Crippen molar-refractivity contribution >= 4 is 0 Å². The van der Waals surface area contributed by atoms with Crippen LogP contribution in [0.4, 0.5) is 13.2 Å². The molecular formula is C19H19F3N4O. The summed E-state index contributed by atoms with van der Waals surface area (Å²) in [5.74, 6) is 0.470. The van der Waals surface area contributed by atoms with Gasteiger partial charge >= 0.3 is 6.36 Å². The average Bonchev–Trinajstić information content (AvgIpc) is 3.10. The number of aromatic nitrogens is 3. The van der Waals surface area contributed by atoms with Gasteiger partial charge in [0.05, 0.1) is 5.69 Å². The number of nitrogens with two attached hydrogens (primary N) is 1. The molecule has 2 atom stereocenters. The van der Waals surface area contributed by atoms with Crippen LogP contribution in [0.1, 0.15) is 25.3 Å². The van der Waals surface area contributed by atoms with Crippen molar-refractivity contribution < 1.29 is 17.9 Å². The summed E-state index contributed by atoms with van der Waals surface area (Å²) in [7, 11) is 0. The molecule has 2 aromatic carbocycles. The van der Waals surface area contributed by atoms with Crippen molar-refractivity contribution in [3.05, 3.63) is 60.4 Å². The van der Waals surface area contributed by atoms with Crippen molar-refractivity contribution in [3.63, 3.8) is 0 Å². The van der Waals surface area contributed by atoms with E-state index in [1.807, 2.05) is 31.2 Å². The van der Waals surface area contributed by atoms with Crippen molar-refractivity contribution in [2.75, 3.05) is 0 Å². The lowest BCUT2D eigenvalue weighted by molar-refractivity contribution is -0.274. The van der Waals surface area contributed by atoms with Gasteiger partial charge in [0.1, 0.15) is 12.1 Å². The van der Waals surface area contributed by atoms with E-state index in [1.165, 1.54) is 35.3 Å². The molecule has 142 valence electrons. The summed E-state index contributed by atoms with van der Waals surface area (Å²) in [6, 6.07) is 13.3. The third kappa shape index (κ3) is 4.65. The van der Waals surface area contributed by atoms with Crippen molar-refractivity contribution in [3.8, 4) is 22.8 Å². The quantitative estimate of drug-likeness (QED) is 0.722. The Hall–Kier alpha value is -2.87. The van der Waals surface area contributed by atoms with Crippen LogP contribution in [-0.2, 0) is 0 Å². The van der Waals surface area contributed by atoms with Gasteiger partial charge in [-0.1, -0.05) is 31.2 Å². The van der Waals surface area contributed by atoms with Gasteiger partial charge < -0.3 is 10.5 Å².